The summed E-state index contributed by atoms with van der Waals surface area (Å²) in [4.78, 5) is 17.4. The van der Waals surface area contributed by atoms with Gasteiger partial charge in [-0.15, -0.1) is 0 Å². The second-order valence-electron chi connectivity index (χ2n) is 5.94. The van der Waals surface area contributed by atoms with Gasteiger partial charge in [0.05, 0.1) is 12.3 Å². The average molecular weight is 323 g/mol. The van der Waals surface area contributed by atoms with Crippen molar-refractivity contribution in [2.75, 3.05) is 6.61 Å². The minimum Gasteiger partial charge on any atom is -0.464 e. The van der Waals surface area contributed by atoms with Crippen molar-refractivity contribution in [2.24, 2.45) is 4.99 Å². The lowest BCUT2D eigenvalue weighted by atomic mass is 9.94. The highest BCUT2D eigenvalue weighted by Gasteiger charge is 2.34. The standard InChI is InChI=1S/C21H25NO2/c1-4-16-21(3,20(23)24-5-2)22-19(17-12-8-6-9-13-17)18-14-10-7-11-15-18/h6-15H,4-5,16H2,1-3H3. The number of hydrogen-bond donors (Lipinski definition) is 0. The number of aliphatic imine (C=N–C) groups is 1. The Morgan fingerprint density at radius 2 is 1.46 bits per heavy atom. The fourth-order valence-corrected chi connectivity index (χ4v) is 2.71. The van der Waals surface area contributed by atoms with Crippen LogP contribution < -0.4 is 0 Å². The SMILES string of the molecule is CCCC(C)(N=C(c1ccccc1)c1ccccc1)C(=O)OCC. The fraction of sp³-hybridized carbons (Fsp3) is 0.333. The minimum absolute atomic E-state index is 0.267. The first-order chi connectivity index (χ1) is 11.6. The molecule has 2 aromatic carbocycles. The van der Waals surface area contributed by atoms with E-state index in [1.807, 2.05) is 74.5 Å². The first-order valence-electron chi connectivity index (χ1n) is 8.48. The van der Waals surface area contributed by atoms with Crippen LogP contribution in [-0.2, 0) is 9.53 Å². The highest BCUT2D eigenvalue weighted by atomic mass is 16.5. The highest BCUT2D eigenvalue weighted by molar-refractivity contribution is 6.13. The predicted molar refractivity (Wildman–Crippen MR) is 98.5 cm³/mol. The molecule has 0 heterocycles. The van der Waals surface area contributed by atoms with Crippen molar-refractivity contribution < 1.29 is 9.53 Å². The number of benzene rings is 2. The van der Waals surface area contributed by atoms with Crippen LogP contribution in [0.2, 0.25) is 0 Å². The second kappa shape index (κ2) is 8.44. The van der Waals surface area contributed by atoms with Crippen LogP contribution in [0.25, 0.3) is 0 Å². The normalized spacial score (nSPS) is 13.0. The van der Waals surface area contributed by atoms with Gasteiger partial charge < -0.3 is 4.74 Å². The molecule has 0 aromatic heterocycles. The molecule has 1 atom stereocenters. The lowest BCUT2D eigenvalue weighted by Crippen LogP contribution is -2.36. The summed E-state index contributed by atoms with van der Waals surface area (Å²) in [6, 6.07) is 19.9. The van der Waals surface area contributed by atoms with Gasteiger partial charge in [0.2, 0.25) is 0 Å². The maximum atomic E-state index is 12.5. The minimum atomic E-state index is -0.883. The number of ether oxygens (including phenoxy) is 1. The van der Waals surface area contributed by atoms with E-state index in [2.05, 4.69) is 6.92 Å². The van der Waals surface area contributed by atoms with E-state index in [9.17, 15) is 4.79 Å². The summed E-state index contributed by atoms with van der Waals surface area (Å²) in [6.45, 7) is 6.10. The summed E-state index contributed by atoms with van der Waals surface area (Å²) >= 11 is 0. The topological polar surface area (TPSA) is 38.7 Å². The van der Waals surface area contributed by atoms with Crippen LogP contribution in [0.4, 0.5) is 0 Å². The molecule has 0 saturated carbocycles. The van der Waals surface area contributed by atoms with Crippen LogP contribution in [0.1, 0.15) is 44.7 Å². The average Bonchev–Trinajstić information content (AvgIpc) is 2.62. The molecule has 3 heteroatoms. The van der Waals surface area contributed by atoms with E-state index in [0.717, 1.165) is 23.3 Å². The van der Waals surface area contributed by atoms with Gasteiger partial charge in [0.25, 0.3) is 0 Å². The fourth-order valence-electron chi connectivity index (χ4n) is 2.71. The van der Waals surface area contributed by atoms with Gasteiger partial charge in [-0.3, -0.25) is 4.99 Å². The molecule has 1 unspecified atom stereocenters. The number of carbonyl (C=O) groups is 1. The third-order valence-electron chi connectivity index (χ3n) is 3.91. The largest absolute Gasteiger partial charge is 0.464 e. The van der Waals surface area contributed by atoms with E-state index in [-0.39, 0.29) is 5.97 Å². The van der Waals surface area contributed by atoms with Crippen LogP contribution >= 0.6 is 0 Å². The number of rotatable bonds is 7. The van der Waals surface area contributed by atoms with E-state index in [1.54, 1.807) is 0 Å². The van der Waals surface area contributed by atoms with Crippen molar-refractivity contribution in [3.05, 3.63) is 71.8 Å². The Morgan fingerprint density at radius 3 is 1.88 bits per heavy atom. The van der Waals surface area contributed by atoms with Gasteiger partial charge in [-0.2, -0.15) is 0 Å². The summed E-state index contributed by atoms with van der Waals surface area (Å²) < 4.78 is 5.29. The molecule has 24 heavy (non-hydrogen) atoms. The van der Waals surface area contributed by atoms with Gasteiger partial charge in [-0.25, -0.2) is 4.79 Å². The number of hydrogen-bond acceptors (Lipinski definition) is 3. The molecular weight excluding hydrogens is 298 g/mol. The predicted octanol–water partition coefficient (Wildman–Crippen LogP) is 4.65. The summed E-state index contributed by atoms with van der Waals surface area (Å²) in [5, 5.41) is 0. The Morgan fingerprint density at radius 1 is 0.958 bits per heavy atom. The highest BCUT2D eigenvalue weighted by Crippen LogP contribution is 2.23. The van der Waals surface area contributed by atoms with Gasteiger partial charge in [0.15, 0.2) is 5.54 Å². The van der Waals surface area contributed by atoms with Crippen molar-refractivity contribution in [1.82, 2.24) is 0 Å². The molecule has 3 nitrogen and oxygen atoms in total. The number of esters is 1. The van der Waals surface area contributed by atoms with E-state index in [4.69, 9.17) is 9.73 Å². The lowest BCUT2D eigenvalue weighted by Gasteiger charge is -2.24. The molecule has 0 spiro atoms. The molecule has 0 aliphatic heterocycles. The van der Waals surface area contributed by atoms with Gasteiger partial charge in [-0.05, 0) is 20.3 Å². The molecule has 2 aromatic rings. The van der Waals surface area contributed by atoms with Crippen molar-refractivity contribution in [3.63, 3.8) is 0 Å². The van der Waals surface area contributed by atoms with Crippen molar-refractivity contribution >= 4 is 11.7 Å². The zero-order valence-electron chi connectivity index (χ0n) is 14.7. The van der Waals surface area contributed by atoms with Crippen molar-refractivity contribution in [3.8, 4) is 0 Å². The smallest absolute Gasteiger partial charge is 0.333 e. The van der Waals surface area contributed by atoms with E-state index < -0.39 is 5.54 Å². The maximum Gasteiger partial charge on any atom is 0.333 e. The quantitative estimate of drug-likeness (QED) is 0.550. The van der Waals surface area contributed by atoms with Crippen LogP contribution in [-0.4, -0.2) is 23.8 Å². The third kappa shape index (κ3) is 4.31. The first kappa shape index (κ1) is 17.9. The van der Waals surface area contributed by atoms with Crippen LogP contribution in [0.3, 0.4) is 0 Å². The van der Waals surface area contributed by atoms with E-state index in [0.29, 0.717) is 13.0 Å². The molecule has 126 valence electrons. The summed E-state index contributed by atoms with van der Waals surface area (Å²) in [7, 11) is 0. The molecule has 0 N–H and O–H groups in total. The Kier molecular flexibility index (Phi) is 6.30. The van der Waals surface area contributed by atoms with E-state index in [1.165, 1.54) is 0 Å². The molecule has 0 saturated heterocycles. The Labute approximate surface area is 144 Å². The molecule has 0 bridgehead atoms. The summed E-state index contributed by atoms with van der Waals surface area (Å²) in [5.74, 6) is -0.267. The third-order valence-corrected chi connectivity index (χ3v) is 3.91. The monoisotopic (exact) mass is 323 g/mol. The van der Waals surface area contributed by atoms with Crippen LogP contribution in [0.5, 0.6) is 0 Å². The van der Waals surface area contributed by atoms with Crippen molar-refractivity contribution in [1.29, 1.82) is 0 Å². The zero-order chi connectivity index (χ0) is 17.4. The number of carbonyl (C=O) groups excluding carboxylic acids is 1. The van der Waals surface area contributed by atoms with Gasteiger partial charge >= 0.3 is 5.97 Å². The Hall–Kier alpha value is -2.42. The molecule has 0 aliphatic carbocycles. The number of nitrogens with zero attached hydrogens (tertiary/aromatic N) is 1. The lowest BCUT2D eigenvalue weighted by molar-refractivity contribution is -0.149. The van der Waals surface area contributed by atoms with Gasteiger partial charge in [-0.1, -0.05) is 74.0 Å². The first-order valence-corrected chi connectivity index (χ1v) is 8.48. The second-order valence-corrected chi connectivity index (χ2v) is 5.94. The summed E-state index contributed by atoms with van der Waals surface area (Å²) in [5.41, 5.74) is 1.93. The zero-order valence-corrected chi connectivity index (χ0v) is 14.7. The van der Waals surface area contributed by atoms with Gasteiger partial charge in [0, 0.05) is 11.1 Å². The van der Waals surface area contributed by atoms with Crippen LogP contribution in [0, 0.1) is 0 Å². The van der Waals surface area contributed by atoms with Gasteiger partial charge in [0.1, 0.15) is 0 Å². The molecule has 0 radical (unpaired) electrons. The van der Waals surface area contributed by atoms with Crippen molar-refractivity contribution in [2.45, 2.75) is 39.2 Å². The molecule has 0 aliphatic rings. The molecule has 0 amide bonds. The summed E-state index contributed by atoms with van der Waals surface area (Å²) in [6.07, 6.45) is 1.50. The van der Waals surface area contributed by atoms with E-state index >= 15 is 0 Å². The van der Waals surface area contributed by atoms with Crippen LogP contribution in [0.15, 0.2) is 65.7 Å². The molecule has 2 rings (SSSR count). The Bertz CT molecular complexity index is 638. The Balaban J connectivity index is 2.56. The molecular formula is C21H25NO2. The molecule has 0 fully saturated rings. The maximum absolute atomic E-state index is 12.5.